The number of aromatic nitrogens is 2. The van der Waals surface area contributed by atoms with Crippen molar-refractivity contribution >= 4 is 22.4 Å². The number of fused-ring (bicyclic) bond motifs is 1. The van der Waals surface area contributed by atoms with Crippen LogP contribution in [0, 0.1) is 5.92 Å². The third-order valence-corrected chi connectivity index (χ3v) is 6.32. The SMILES string of the molecule is CC(C)Cc1ccc(/C(N)=N/NN)c(N2CCN(Cc3nc4ccccc4c(=O)n3C)CC2)c1. The van der Waals surface area contributed by atoms with Crippen LogP contribution >= 0.6 is 0 Å². The molecular formula is C25H34N8O. The summed E-state index contributed by atoms with van der Waals surface area (Å²) in [5.41, 5.74) is 12.5. The van der Waals surface area contributed by atoms with Gasteiger partial charge in [-0.15, -0.1) is 5.10 Å². The number of benzene rings is 2. The molecule has 0 bridgehead atoms. The van der Waals surface area contributed by atoms with E-state index in [1.54, 1.807) is 11.6 Å². The zero-order valence-corrected chi connectivity index (χ0v) is 20.2. The van der Waals surface area contributed by atoms with E-state index in [-0.39, 0.29) is 5.56 Å². The van der Waals surface area contributed by atoms with E-state index in [2.05, 4.69) is 46.4 Å². The third-order valence-electron chi connectivity index (χ3n) is 6.32. The summed E-state index contributed by atoms with van der Waals surface area (Å²) >= 11 is 0. The van der Waals surface area contributed by atoms with Crippen LogP contribution in [0.2, 0.25) is 0 Å². The molecule has 9 nitrogen and oxygen atoms in total. The number of hydrogen-bond donors (Lipinski definition) is 3. The summed E-state index contributed by atoms with van der Waals surface area (Å²) in [5.74, 6) is 7.08. The van der Waals surface area contributed by atoms with Gasteiger partial charge in [-0.2, -0.15) is 0 Å². The van der Waals surface area contributed by atoms with Gasteiger partial charge in [0, 0.05) is 44.5 Å². The van der Waals surface area contributed by atoms with E-state index in [1.807, 2.05) is 30.3 Å². The maximum atomic E-state index is 12.7. The lowest BCUT2D eigenvalue weighted by molar-refractivity contribution is 0.240. The summed E-state index contributed by atoms with van der Waals surface area (Å²) < 4.78 is 1.67. The average Bonchev–Trinajstić information content (AvgIpc) is 2.82. The number of rotatable bonds is 7. The van der Waals surface area contributed by atoms with E-state index in [0.717, 1.165) is 55.2 Å². The Kier molecular flexibility index (Phi) is 7.14. The number of hydrogen-bond acceptors (Lipinski definition) is 7. The van der Waals surface area contributed by atoms with Crippen LogP contribution in [0.3, 0.4) is 0 Å². The molecule has 2 heterocycles. The molecule has 1 fully saturated rings. The Balaban J connectivity index is 1.53. The van der Waals surface area contributed by atoms with Gasteiger partial charge in [-0.05, 0) is 42.2 Å². The molecule has 9 heteroatoms. The van der Waals surface area contributed by atoms with Crippen molar-refractivity contribution in [2.75, 3.05) is 31.1 Å². The van der Waals surface area contributed by atoms with Gasteiger partial charge in [-0.3, -0.25) is 14.3 Å². The fraction of sp³-hybridized carbons (Fsp3) is 0.400. The Morgan fingerprint density at radius 1 is 1.15 bits per heavy atom. The average molecular weight is 463 g/mol. The molecule has 1 saturated heterocycles. The Hall–Kier alpha value is -3.43. The van der Waals surface area contributed by atoms with E-state index < -0.39 is 0 Å². The van der Waals surface area contributed by atoms with Gasteiger partial charge in [-0.1, -0.05) is 32.0 Å². The van der Waals surface area contributed by atoms with Crippen molar-refractivity contribution in [1.29, 1.82) is 0 Å². The molecule has 0 radical (unpaired) electrons. The summed E-state index contributed by atoms with van der Waals surface area (Å²) in [7, 11) is 1.80. The molecule has 4 rings (SSSR count). The maximum absolute atomic E-state index is 12.7. The molecule has 0 spiro atoms. The molecule has 3 aromatic rings. The first kappa shape index (κ1) is 23.7. The predicted octanol–water partition coefficient (Wildman–Crippen LogP) is 1.54. The Morgan fingerprint density at radius 3 is 2.59 bits per heavy atom. The quantitative estimate of drug-likeness (QED) is 0.211. The number of nitrogens with two attached hydrogens (primary N) is 2. The fourth-order valence-electron chi connectivity index (χ4n) is 4.54. The minimum absolute atomic E-state index is 0.00544. The van der Waals surface area contributed by atoms with Crippen molar-refractivity contribution in [2.24, 2.45) is 29.6 Å². The lowest BCUT2D eigenvalue weighted by atomic mass is 9.99. The summed E-state index contributed by atoms with van der Waals surface area (Å²) in [6.45, 7) is 8.44. The number of amidine groups is 1. The Labute approximate surface area is 200 Å². The normalized spacial score (nSPS) is 15.3. The van der Waals surface area contributed by atoms with E-state index >= 15 is 0 Å². The zero-order chi connectivity index (χ0) is 24.2. The van der Waals surface area contributed by atoms with Gasteiger partial charge in [0.15, 0.2) is 5.84 Å². The standard InChI is InChI=1S/C25H34N8O/c1-17(2)14-18-8-9-20(24(26)29-30-27)22(15-18)33-12-10-32(11-13-33)16-23-28-21-7-5-4-6-19(21)25(34)31(23)3/h4-9,15,17,30H,10-14,16,27H2,1-3H3,(H2,26,29). The minimum atomic E-state index is -0.00544. The molecule has 1 aliphatic heterocycles. The zero-order valence-electron chi connectivity index (χ0n) is 20.2. The first-order chi connectivity index (χ1) is 16.4. The van der Waals surface area contributed by atoms with Crippen LogP contribution in [-0.2, 0) is 20.0 Å². The van der Waals surface area contributed by atoms with Crippen LogP contribution in [0.25, 0.3) is 10.9 Å². The van der Waals surface area contributed by atoms with Gasteiger partial charge in [0.1, 0.15) is 5.82 Å². The van der Waals surface area contributed by atoms with Gasteiger partial charge < -0.3 is 10.6 Å². The maximum Gasteiger partial charge on any atom is 0.261 e. The molecule has 180 valence electrons. The van der Waals surface area contributed by atoms with Gasteiger partial charge >= 0.3 is 0 Å². The molecular weight excluding hydrogens is 428 g/mol. The topological polar surface area (TPSA) is 118 Å². The second-order valence-corrected chi connectivity index (χ2v) is 9.25. The lowest BCUT2D eigenvalue weighted by Gasteiger charge is -2.37. The van der Waals surface area contributed by atoms with Crippen LogP contribution in [0.1, 0.15) is 30.8 Å². The molecule has 1 aliphatic rings. The highest BCUT2D eigenvalue weighted by molar-refractivity contribution is 6.02. The van der Waals surface area contributed by atoms with E-state index in [4.69, 9.17) is 16.6 Å². The Morgan fingerprint density at radius 2 is 1.88 bits per heavy atom. The highest BCUT2D eigenvalue weighted by atomic mass is 16.1. The summed E-state index contributed by atoms with van der Waals surface area (Å²) in [4.78, 5) is 22.2. The fourth-order valence-corrected chi connectivity index (χ4v) is 4.54. The van der Waals surface area contributed by atoms with Crippen molar-refractivity contribution in [2.45, 2.75) is 26.8 Å². The van der Waals surface area contributed by atoms with Crippen LogP contribution < -0.4 is 27.6 Å². The van der Waals surface area contributed by atoms with Crippen LogP contribution in [-0.4, -0.2) is 46.5 Å². The lowest BCUT2D eigenvalue weighted by Crippen LogP contribution is -2.47. The molecule has 0 aliphatic carbocycles. The second-order valence-electron chi connectivity index (χ2n) is 9.25. The molecule has 34 heavy (non-hydrogen) atoms. The van der Waals surface area contributed by atoms with Crippen molar-refractivity contribution in [3.05, 3.63) is 69.8 Å². The number of hydrazone groups is 1. The largest absolute Gasteiger partial charge is 0.382 e. The van der Waals surface area contributed by atoms with Crippen LogP contribution in [0.4, 0.5) is 5.69 Å². The van der Waals surface area contributed by atoms with Crippen molar-refractivity contribution in [1.82, 2.24) is 20.0 Å². The molecule has 1 aromatic heterocycles. The van der Waals surface area contributed by atoms with Gasteiger partial charge in [0.05, 0.1) is 17.4 Å². The third kappa shape index (κ3) is 5.05. The first-order valence-corrected chi connectivity index (χ1v) is 11.7. The minimum Gasteiger partial charge on any atom is -0.382 e. The number of hydrazine groups is 1. The second kappa shape index (κ2) is 10.2. The van der Waals surface area contributed by atoms with Crippen LogP contribution in [0.5, 0.6) is 0 Å². The first-order valence-electron chi connectivity index (χ1n) is 11.7. The van der Waals surface area contributed by atoms with Gasteiger partial charge in [-0.25, -0.2) is 16.4 Å². The number of anilines is 1. The molecule has 5 N–H and O–H groups in total. The summed E-state index contributed by atoms with van der Waals surface area (Å²) in [6.07, 6.45) is 1.00. The van der Waals surface area contributed by atoms with Gasteiger partial charge in [0.2, 0.25) is 0 Å². The van der Waals surface area contributed by atoms with Crippen molar-refractivity contribution < 1.29 is 0 Å². The highest BCUT2D eigenvalue weighted by Crippen LogP contribution is 2.25. The number of para-hydroxylation sites is 1. The Bertz CT molecular complexity index is 1240. The smallest absolute Gasteiger partial charge is 0.261 e. The van der Waals surface area contributed by atoms with Crippen molar-refractivity contribution in [3.8, 4) is 0 Å². The van der Waals surface area contributed by atoms with E-state index in [1.165, 1.54) is 5.56 Å². The predicted molar refractivity (Wildman–Crippen MR) is 138 cm³/mol. The molecule has 0 atom stereocenters. The van der Waals surface area contributed by atoms with Crippen LogP contribution in [0.15, 0.2) is 52.4 Å². The molecule has 0 saturated carbocycles. The monoisotopic (exact) mass is 462 g/mol. The molecule has 0 amide bonds. The molecule has 0 unspecified atom stereocenters. The van der Waals surface area contributed by atoms with Gasteiger partial charge in [0.25, 0.3) is 5.56 Å². The highest BCUT2D eigenvalue weighted by Gasteiger charge is 2.22. The number of piperazine rings is 1. The van der Waals surface area contributed by atoms with E-state index in [0.29, 0.717) is 23.7 Å². The number of nitrogens with zero attached hydrogens (tertiary/aromatic N) is 5. The van der Waals surface area contributed by atoms with Crippen molar-refractivity contribution in [3.63, 3.8) is 0 Å². The van der Waals surface area contributed by atoms with E-state index in [9.17, 15) is 4.79 Å². The number of nitrogens with one attached hydrogen (secondary N) is 1. The molecule has 2 aromatic carbocycles. The summed E-state index contributed by atoms with van der Waals surface area (Å²) in [5, 5.41) is 4.65. The summed E-state index contributed by atoms with van der Waals surface area (Å²) in [6, 6.07) is 13.9.